The molecule has 2 saturated carbocycles. The van der Waals surface area contributed by atoms with Crippen LogP contribution in [0.25, 0.3) is 10.8 Å². The molecule has 2 aromatic rings. The first-order valence-electron chi connectivity index (χ1n) is 7.52. The molecule has 0 radical (unpaired) electrons. The van der Waals surface area contributed by atoms with E-state index in [1.165, 1.54) is 35.6 Å². The van der Waals surface area contributed by atoms with Crippen molar-refractivity contribution < 1.29 is 4.79 Å². The standard InChI is InChI=1S/C18H19NO/c19-18(20)17-15-8-7-14(10-15)16(17)13-6-5-11-3-1-2-4-12(11)9-13/h1-6,9,14-17H,7-8,10H2,(H2,19,20). The molecule has 4 rings (SSSR count). The van der Waals surface area contributed by atoms with Gasteiger partial charge in [0.15, 0.2) is 0 Å². The molecule has 20 heavy (non-hydrogen) atoms. The smallest absolute Gasteiger partial charge is 0.221 e. The highest BCUT2D eigenvalue weighted by Gasteiger charge is 2.50. The summed E-state index contributed by atoms with van der Waals surface area (Å²) in [6, 6.07) is 15.0. The molecule has 2 heteroatoms. The number of benzene rings is 2. The predicted molar refractivity (Wildman–Crippen MR) is 80.2 cm³/mol. The topological polar surface area (TPSA) is 43.1 Å². The summed E-state index contributed by atoms with van der Waals surface area (Å²) < 4.78 is 0. The van der Waals surface area contributed by atoms with E-state index in [1.54, 1.807) is 0 Å². The van der Waals surface area contributed by atoms with E-state index in [1.807, 2.05) is 0 Å². The normalized spacial score (nSPS) is 31.8. The fraction of sp³-hybridized carbons (Fsp3) is 0.389. The van der Waals surface area contributed by atoms with Gasteiger partial charge >= 0.3 is 0 Å². The van der Waals surface area contributed by atoms with E-state index in [0.717, 1.165) is 0 Å². The molecule has 2 aliphatic rings. The van der Waals surface area contributed by atoms with Gasteiger partial charge in [-0.3, -0.25) is 4.79 Å². The molecule has 2 aliphatic carbocycles. The summed E-state index contributed by atoms with van der Waals surface area (Å²) in [4.78, 5) is 11.9. The summed E-state index contributed by atoms with van der Waals surface area (Å²) in [5, 5.41) is 2.52. The Morgan fingerprint density at radius 2 is 1.75 bits per heavy atom. The molecule has 2 bridgehead atoms. The van der Waals surface area contributed by atoms with Gasteiger partial charge in [-0.1, -0.05) is 42.5 Å². The molecule has 0 heterocycles. The molecule has 2 nitrogen and oxygen atoms in total. The maximum Gasteiger partial charge on any atom is 0.221 e. The van der Waals surface area contributed by atoms with Crippen molar-refractivity contribution >= 4 is 16.7 Å². The Bertz CT molecular complexity index is 678. The molecule has 4 unspecified atom stereocenters. The van der Waals surface area contributed by atoms with E-state index in [0.29, 0.717) is 17.8 Å². The molecular weight excluding hydrogens is 246 g/mol. The second-order valence-corrected chi connectivity index (χ2v) is 6.39. The van der Waals surface area contributed by atoms with Crippen molar-refractivity contribution in [1.29, 1.82) is 0 Å². The van der Waals surface area contributed by atoms with Crippen molar-refractivity contribution in [2.45, 2.75) is 25.2 Å². The summed E-state index contributed by atoms with van der Waals surface area (Å²) in [6.45, 7) is 0. The zero-order valence-electron chi connectivity index (χ0n) is 11.5. The second-order valence-electron chi connectivity index (χ2n) is 6.39. The fourth-order valence-electron chi connectivity index (χ4n) is 4.60. The van der Waals surface area contributed by atoms with Gasteiger partial charge in [-0.15, -0.1) is 0 Å². The van der Waals surface area contributed by atoms with Gasteiger partial charge in [-0.2, -0.15) is 0 Å². The van der Waals surface area contributed by atoms with Crippen LogP contribution in [0.1, 0.15) is 30.7 Å². The van der Waals surface area contributed by atoms with Crippen molar-refractivity contribution in [2.24, 2.45) is 23.5 Å². The monoisotopic (exact) mass is 265 g/mol. The molecule has 2 aromatic carbocycles. The van der Waals surface area contributed by atoms with Gasteiger partial charge in [0.25, 0.3) is 0 Å². The zero-order valence-corrected chi connectivity index (χ0v) is 11.5. The number of carbonyl (C=O) groups excluding carboxylic acids is 1. The predicted octanol–water partition coefficient (Wildman–Crippen LogP) is 3.45. The van der Waals surface area contributed by atoms with E-state index >= 15 is 0 Å². The Balaban J connectivity index is 1.79. The highest BCUT2D eigenvalue weighted by Crippen LogP contribution is 2.56. The average molecular weight is 265 g/mol. The molecule has 4 atom stereocenters. The van der Waals surface area contributed by atoms with Crippen molar-refractivity contribution in [1.82, 2.24) is 0 Å². The van der Waals surface area contributed by atoms with Crippen molar-refractivity contribution in [3.05, 3.63) is 48.0 Å². The molecular formula is C18H19NO. The largest absolute Gasteiger partial charge is 0.369 e. The third-order valence-electron chi connectivity index (χ3n) is 5.40. The molecule has 0 saturated heterocycles. The van der Waals surface area contributed by atoms with Gasteiger partial charge < -0.3 is 5.73 Å². The van der Waals surface area contributed by atoms with Gasteiger partial charge in [0.05, 0.1) is 0 Å². The molecule has 2 fully saturated rings. The van der Waals surface area contributed by atoms with Crippen molar-refractivity contribution in [2.75, 3.05) is 0 Å². The van der Waals surface area contributed by atoms with E-state index in [2.05, 4.69) is 42.5 Å². The van der Waals surface area contributed by atoms with E-state index in [4.69, 9.17) is 5.73 Å². The van der Waals surface area contributed by atoms with Crippen LogP contribution >= 0.6 is 0 Å². The van der Waals surface area contributed by atoms with E-state index < -0.39 is 0 Å². The van der Waals surface area contributed by atoms with Crippen LogP contribution in [0.4, 0.5) is 0 Å². The Kier molecular flexibility index (Phi) is 2.59. The van der Waals surface area contributed by atoms with Crippen LogP contribution in [0.2, 0.25) is 0 Å². The van der Waals surface area contributed by atoms with Gasteiger partial charge in [-0.25, -0.2) is 0 Å². The van der Waals surface area contributed by atoms with Crippen LogP contribution in [0.15, 0.2) is 42.5 Å². The fourth-order valence-corrected chi connectivity index (χ4v) is 4.60. The zero-order chi connectivity index (χ0) is 13.7. The highest BCUT2D eigenvalue weighted by molar-refractivity contribution is 5.84. The van der Waals surface area contributed by atoms with E-state index in [-0.39, 0.29) is 11.8 Å². The average Bonchev–Trinajstić information content (AvgIpc) is 3.07. The minimum Gasteiger partial charge on any atom is -0.369 e. The molecule has 102 valence electrons. The maximum absolute atomic E-state index is 11.9. The summed E-state index contributed by atoms with van der Waals surface area (Å²) in [6.07, 6.45) is 3.62. The molecule has 0 spiro atoms. The molecule has 1 amide bonds. The molecule has 0 aliphatic heterocycles. The first kappa shape index (κ1) is 12.0. The minimum atomic E-state index is -0.102. The third kappa shape index (κ3) is 1.67. The molecule has 0 aromatic heterocycles. The number of primary amides is 1. The van der Waals surface area contributed by atoms with Crippen molar-refractivity contribution in [3.63, 3.8) is 0 Å². The van der Waals surface area contributed by atoms with Crippen molar-refractivity contribution in [3.8, 4) is 0 Å². The number of fused-ring (bicyclic) bond motifs is 3. The van der Waals surface area contributed by atoms with Gasteiger partial charge in [0.1, 0.15) is 0 Å². The van der Waals surface area contributed by atoms with Crippen LogP contribution in [0.5, 0.6) is 0 Å². The maximum atomic E-state index is 11.9. The van der Waals surface area contributed by atoms with Crippen LogP contribution in [0, 0.1) is 17.8 Å². The summed E-state index contributed by atoms with van der Waals surface area (Å²) in [5.41, 5.74) is 6.99. The SMILES string of the molecule is NC(=O)C1C2CCC(C2)C1c1ccc2ccccc2c1. The quantitative estimate of drug-likeness (QED) is 0.888. The Morgan fingerprint density at radius 1 is 1.00 bits per heavy atom. The van der Waals surface area contributed by atoms with Crippen LogP contribution in [-0.4, -0.2) is 5.91 Å². The lowest BCUT2D eigenvalue weighted by molar-refractivity contribution is -0.123. The van der Waals surface area contributed by atoms with Gasteiger partial charge in [-0.05, 0) is 53.4 Å². The van der Waals surface area contributed by atoms with E-state index in [9.17, 15) is 4.79 Å². The number of rotatable bonds is 2. The first-order valence-corrected chi connectivity index (χ1v) is 7.52. The Morgan fingerprint density at radius 3 is 2.55 bits per heavy atom. The van der Waals surface area contributed by atoms with Crippen LogP contribution < -0.4 is 5.73 Å². The summed E-state index contributed by atoms with van der Waals surface area (Å²) in [5.74, 6) is 1.47. The van der Waals surface area contributed by atoms with Crippen LogP contribution in [-0.2, 0) is 4.79 Å². The third-order valence-corrected chi connectivity index (χ3v) is 5.40. The lowest BCUT2D eigenvalue weighted by Gasteiger charge is -2.29. The number of nitrogens with two attached hydrogens (primary N) is 1. The summed E-state index contributed by atoms with van der Waals surface area (Å²) >= 11 is 0. The van der Waals surface area contributed by atoms with Gasteiger partial charge in [0.2, 0.25) is 5.91 Å². The summed E-state index contributed by atoms with van der Waals surface area (Å²) in [7, 11) is 0. The number of hydrogen-bond acceptors (Lipinski definition) is 1. The highest BCUT2D eigenvalue weighted by atomic mass is 16.1. The van der Waals surface area contributed by atoms with Crippen LogP contribution in [0.3, 0.4) is 0 Å². The number of carbonyl (C=O) groups is 1. The Hall–Kier alpha value is -1.83. The van der Waals surface area contributed by atoms with Gasteiger partial charge in [0, 0.05) is 5.92 Å². The number of hydrogen-bond donors (Lipinski definition) is 1. The number of amides is 1. The first-order chi connectivity index (χ1) is 9.74. The minimum absolute atomic E-state index is 0.0508. The lowest BCUT2D eigenvalue weighted by atomic mass is 9.75. The lowest BCUT2D eigenvalue weighted by Crippen LogP contribution is -2.33. The Labute approximate surface area is 119 Å². The molecule has 2 N–H and O–H groups in total. The second kappa shape index (κ2) is 4.34.